The fourth-order valence-corrected chi connectivity index (χ4v) is 4.43. The number of carbonyl (C=O) groups excluding carboxylic acids is 2. The van der Waals surface area contributed by atoms with Crippen molar-refractivity contribution in [1.29, 1.82) is 0 Å². The summed E-state index contributed by atoms with van der Waals surface area (Å²) in [5, 5.41) is 15.7. The van der Waals surface area contributed by atoms with Crippen LogP contribution < -0.4 is 15.4 Å². The standard InChI is InChI=1S/C18H18N4O6S/c1-10-7-14(22(25)26)9-15(11(10)2)29(27,28)21-13-6-4-5-12(8-13)18(3)16(23)19-17(24)20-18/h4-9,21H,1-3H3,(H2,19,20,23,24). The number of non-ortho nitro benzene ring substituents is 1. The van der Waals surface area contributed by atoms with E-state index in [1.54, 1.807) is 19.9 Å². The number of amides is 3. The molecule has 1 unspecified atom stereocenters. The summed E-state index contributed by atoms with van der Waals surface area (Å²) in [5.74, 6) is -0.562. The summed E-state index contributed by atoms with van der Waals surface area (Å²) in [6.45, 7) is 4.64. The van der Waals surface area contributed by atoms with Crippen molar-refractivity contribution in [2.45, 2.75) is 31.2 Å². The van der Waals surface area contributed by atoms with Crippen molar-refractivity contribution in [2.75, 3.05) is 4.72 Å². The number of nitro benzene ring substituents is 1. The van der Waals surface area contributed by atoms with Gasteiger partial charge in [0.25, 0.3) is 21.6 Å². The van der Waals surface area contributed by atoms with Crippen molar-refractivity contribution in [3.63, 3.8) is 0 Å². The lowest BCUT2D eigenvalue weighted by Crippen LogP contribution is -2.40. The van der Waals surface area contributed by atoms with Crippen LogP contribution in [0.5, 0.6) is 0 Å². The number of rotatable bonds is 5. The molecule has 1 fully saturated rings. The highest BCUT2D eigenvalue weighted by molar-refractivity contribution is 7.92. The summed E-state index contributed by atoms with van der Waals surface area (Å²) in [4.78, 5) is 33.8. The first-order valence-corrected chi connectivity index (χ1v) is 9.95. The Labute approximate surface area is 166 Å². The molecule has 11 heteroatoms. The average Bonchev–Trinajstić information content (AvgIpc) is 2.89. The molecule has 2 aromatic carbocycles. The number of aryl methyl sites for hydroxylation is 1. The molecule has 10 nitrogen and oxygen atoms in total. The molecule has 152 valence electrons. The van der Waals surface area contributed by atoms with E-state index in [1.807, 2.05) is 0 Å². The zero-order chi connectivity index (χ0) is 21.6. The Balaban J connectivity index is 2.00. The Hall–Kier alpha value is -3.47. The van der Waals surface area contributed by atoms with E-state index in [-0.39, 0.29) is 16.3 Å². The van der Waals surface area contributed by atoms with Crippen LogP contribution in [0.15, 0.2) is 41.3 Å². The van der Waals surface area contributed by atoms with Crippen molar-refractivity contribution >= 4 is 33.3 Å². The predicted octanol–water partition coefficient (Wildman–Crippen LogP) is 2.07. The highest BCUT2D eigenvalue weighted by Crippen LogP contribution is 2.29. The molecule has 0 bridgehead atoms. The minimum atomic E-state index is -4.15. The number of hydrogen-bond acceptors (Lipinski definition) is 6. The van der Waals surface area contributed by atoms with Crippen LogP contribution in [0.1, 0.15) is 23.6 Å². The van der Waals surface area contributed by atoms with Gasteiger partial charge in [-0.15, -0.1) is 0 Å². The fraction of sp³-hybridized carbons (Fsp3) is 0.222. The third-order valence-corrected chi connectivity index (χ3v) is 6.35. The number of hydrogen-bond donors (Lipinski definition) is 3. The number of benzene rings is 2. The smallest absolute Gasteiger partial charge is 0.320 e. The largest absolute Gasteiger partial charge is 0.322 e. The Morgan fingerprint density at radius 2 is 1.83 bits per heavy atom. The number of nitrogens with one attached hydrogen (secondary N) is 3. The molecule has 3 rings (SSSR count). The van der Waals surface area contributed by atoms with Crippen molar-refractivity contribution in [1.82, 2.24) is 10.6 Å². The van der Waals surface area contributed by atoms with Crippen LogP contribution in [-0.4, -0.2) is 25.3 Å². The maximum absolute atomic E-state index is 12.9. The predicted molar refractivity (Wildman–Crippen MR) is 104 cm³/mol. The first kappa shape index (κ1) is 20.3. The van der Waals surface area contributed by atoms with Gasteiger partial charge < -0.3 is 5.32 Å². The Kier molecular flexibility index (Phi) is 4.79. The number of sulfonamides is 1. The van der Waals surface area contributed by atoms with Crippen LogP contribution in [0.3, 0.4) is 0 Å². The zero-order valence-electron chi connectivity index (χ0n) is 15.8. The van der Waals surface area contributed by atoms with Gasteiger partial charge in [0, 0.05) is 17.8 Å². The van der Waals surface area contributed by atoms with E-state index < -0.39 is 32.4 Å². The Morgan fingerprint density at radius 3 is 2.41 bits per heavy atom. The van der Waals surface area contributed by atoms with E-state index in [1.165, 1.54) is 31.2 Å². The molecular weight excluding hydrogens is 400 g/mol. The van der Waals surface area contributed by atoms with Gasteiger partial charge in [-0.05, 0) is 49.6 Å². The van der Waals surface area contributed by atoms with Gasteiger partial charge in [-0.2, -0.15) is 0 Å². The lowest BCUT2D eigenvalue weighted by atomic mass is 9.92. The summed E-state index contributed by atoms with van der Waals surface area (Å²) in [6.07, 6.45) is 0. The second kappa shape index (κ2) is 6.85. The number of imide groups is 1. The zero-order valence-corrected chi connectivity index (χ0v) is 16.6. The number of nitrogens with zero attached hydrogens (tertiary/aromatic N) is 1. The topological polar surface area (TPSA) is 148 Å². The van der Waals surface area contributed by atoms with Crippen molar-refractivity contribution < 1.29 is 22.9 Å². The van der Waals surface area contributed by atoms with Crippen molar-refractivity contribution in [2.24, 2.45) is 0 Å². The minimum Gasteiger partial charge on any atom is -0.320 e. The molecule has 0 spiro atoms. The van der Waals surface area contributed by atoms with Gasteiger partial charge >= 0.3 is 6.03 Å². The summed E-state index contributed by atoms with van der Waals surface area (Å²) in [7, 11) is -4.15. The van der Waals surface area contributed by atoms with Crippen LogP contribution in [0.4, 0.5) is 16.2 Å². The number of urea groups is 1. The molecular formula is C18H18N4O6S. The SMILES string of the molecule is Cc1cc([N+](=O)[O-])cc(S(=O)(=O)Nc2cccc(C3(C)NC(=O)NC3=O)c2)c1C. The van der Waals surface area contributed by atoms with E-state index in [0.717, 1.165) is 6.07 Å². The molecule has 1 atom stereocenters. The molecule has 0 aromatic heterocycles. The van der Waals surface area contributed by atoms with Gasteiger partial charge in [0.1, 0.15) is 5.54 Å². The maximum atomic E-state index is 12.9. The van der Waals surface area contributed by atoms with Crippen molar-refractivity contribution in [3.8, 4) is 0 Å². The quantitative estimate of drug-likeness (QED) is 0.385. The van der Waals surface area contributed by atoms with Gasteiger partial charge in [0.05, 0.1) is 9.82 Å². The van der Waals surface area contributed by atoms with E-state index in [0.29, 0.717) is 16.7 Å². The van der Waals surface area contributed by atoms with Crippen LogP contribution in [0.2, 0.25) is 0 Å². The van der Waals surface area contributed by atoms with E-state index in [4.69, 9.17) is 0 Å². The molecule has 1 aliphatic rings. The van der Waals surface area contributed by atoms with Crippen LogP contribution in [0, 0.1) is 24.0 Å². The number of carbonyl (C=O) groups is 2. The summed E-state index contributed by atoms with van der Waals surface area (Å²) >= 11 is 0. The molecule has 29 heavy (non-hydrogen) atoms. The number of anilines is 1. The first-order chi connectivity index (χ1) is 13.4. The second-order valence-electron chi connectivity index (χ2n) is 6.86. The molecule has 3 amide bonds. The highest BCUT2D eigenvalue weighted by atomic mass is 32.2. The second-order valence-corrected chi connectivity index (χ2v) is 8.51. The van der Waals surface area contributed by atoms with Gasteiger partial charge in [-0.25, -0.2) is 13.2 Å². The van der Waals surface area contributed by atoms with Crippen LogP contribution in [0.25, 0.3) is 0 Å². The van der Waals surface area contributed by atoms with Crippen LogP contribution in [-0.2, 0) is 20.4 Å². The molecule has 0 radical (unpaired) electrons. The van der Waals surface area contributed by atoms with Gasteiger partial charge in [-0.3, -0.25) is 24.9 Å². The summed E-state index contributed by atoms with van der Waals surface area (Å²) < 4.78 is 28.2. The first-order valence-electron chi connectivity index (χ1n) is 8.46. The molecule has 3 N–H and O–H groups in total. The summed E-state index contributed by atoms with van der Waals surface area (Å²) in [6, 6.07) is 7.65. The monoisotopic (exact) mass is 418 g/mol. The normalized spacial score (nSPS) is 18.9. The lowest BCUT2D eigenvalue weighted by molar-refractivity contribution is -0.385. The minimum absolute atomic E-state index is 0.140. The van der Waals surface area contributed by atoms with Crippen molar-refractivity contribution in [3.05, 3.63) is 63.2 Å². The van der Waals surface area contributed by atoms with Gasteiger partial charge in [0.2, 0.25) is 0 Å². The third-order valence-electron chi connectivity index (χ3n) is 4.84. The molecule has 0 saturated carbocycles. The third kappa shape index (κ3) is 3.63. The Morgan fingerprint density at radius 1 is 1.14 bits per heavy atom. The average molecular weight is 418 g/mol. The lowest BCUT2D eigenvalue weighted by Gasteiger charge is -2.22. The van der Waals surface area contributed by atoms with E-state index >= 15 is 0 Å². The Bertz CT molecular complexity index is 1160. The van der Waals surface area contributed by atoms with Gasteiger partial charge in [0.15, 0.2) is 0 Å². The molecule has 1 heterocycles. The van der Waals surface area contributed by atoms with E-state index in [2.05, 4.69) is 15.4 Å². The van der Waals surface area contributed by atoms with E-state index in [9.17, 15) is 28.1 Å². The highest BCUT2D eigenvalue weighted by Gasteiger charge is 2.43. The van der Waals surface area contributed by atoms with Crippen LogP contribution >= 0.6 is 0 Å². The molecule has 2 aromatic rings. The molecule has 1 saturated heterocycles. The maximum Gasteiger partial charge on any atom is 0.322 e. The van der Waals surface area contributed by atoms with Gasteiger partial charge in [-0.1, -0.05) is 12.1 Å². The fourth-order valence-electron chi connectivity index (χ4n) is 3.04. The molecule has 1 aliphatic heterocycles. The molecule has 0 aliphatic carbocycles. The summed E-state index contributed by atoms with van der Waals surface area (Å²) in [5.41, 5.74) is -0.328. The number of nitro groups is 1.